The molecule has 4 nitrogen and oxygen atoms in total. The predicted octanol–water partition coefficient (Wildman–Crippen LogP) is 1.62. The largest absolute Gasteiger partial charge is 0.281 e. The zero-order valence-electron chi connectivity index (χ0n) is 11.0. The summed E-state index contributed by atoms with van der Waals surface area (Å²) in [5, 5.41) is 8.14. The van der Waals surface area contributed by atoms with Crippen LogP contribution in [0.15, 0.2) is 18.2 Å². The van der Waals surface area contributed by atoms with Crippen molar-refractivity contribution in [3.63, 3.8) is 0 Å². The van der Waals surface area contributed by atoms with Gasteiger partial charge in [-0.05, 0) is 12.1 Å². The third-order valence-electron chi connectivity index (χ3n) is 3.24. The summed E-state index contributed by atoms with van der Waals surface area (Å²) in [5.41, 5.74) is 0.685. The van der Waals surface area contributed by atoms with Crippen LogP contribution in [0, 0.1) is 17.1 Å². The van der Waals surface area contributed by atoms with E-state index < -0.39 is 21.0 Å². The molecular formula is C13H15FN2O2S2. The molecule has 1 aliphatic heterocycles. The van der Waals surface area contributed by atoms with Gasteiger partial charge in [-0.1, -0.05) is 6.07 Å². The Morgan fingerprint density at radius 1 is 1.55 bits per heavy atom. The molecule has 1 atom stereocenters. The molecule has 0 spiro atoms. The van der Waals surface area contributed by atoms with Gasteiger partial charge in [0.1, 0.15) is 11.2 Å². The Morgan fingerprint density at radius 2 is 2.30 bits per heavy atom. The van der Waals surface area contributed by atoms with Gasteiger partial charge in [0, 0.05) is 36.4 Å². The van der Waals surface area contributed by atoms with Crippen LogP contribution in [0.5, 0.6) is 0 Å². The highest BCUT2D eigenvalue weighted by Gasteiger charge is 2.31. The van der Waals surface area contributed by atoms with Crippen molar-refractivity contribution >= 4 is 21.6 Å². The van der Waals surface area contributed by atoms with Gasteiger partial charge in [0.25, 0.3) is 0 Å². The number of thioether (sulfide) groups is 1. The SMILES string of the molecule is CS(=O)(=O)C1CSCCN1Cc1ccc(C#N)cc1F. The maximum atomic E-state index is 13.9. The summed E-state index contributed by atoms with van der Waals surface area (Å²) in [4.78, 5) is 1.79. The molecule has 1 aliphatic rings. The molecule has 0 amide bonds. The molecule has 2 rings (SSSR count). The van der Waals surface area contributed by atoms with E-state index in [2.05, 4.69) is 0 Å². The second-order valence-electron chi connectivity index (χ2n) is 4.75. The highest BCUT2D eigenvalue weighted by Crippen LogP contribution is 2.23. The molecular weight excluding hydrogens is 299 g/mol. The zero-order valence-corrected chi connectivity index (χ0v) is 12.7. The van der Waals surface area contributed by atoms with Crippen molar-refractivity contribution in [2.45, 2.75) is 11.9 Å². The van der Waals surface area contributed by atoms with E-state index in [9.17, 15) is 12.8 Å². The summed E-state index contributed by atoms with van der Waals surface area (Å²) in [6.07, 6.45) is 1.21. The van der Waals surface area contributed by atoms with E-state index in [0.29, 0.717) is 17.9 Å². The van der Waals surface area contributed by atoms with Crippen LogP contribution >= 0.6 is 11.8 Å². The molecule has 0 radical (unpaired) electrons. The minimum Gasteiger partial charge on any atom is -0.281 e. The Hall–Kier alpha value is -1.10. The van der Waals surface area contributed by atoms with Gasteiger partial charge >= 0.3 is 0 Å². The standard InChI is InChI=1S/C13H15FN2O2S2/c1-20(17,18)13-9-19-5-4-16(13)8-11-3-2-10(7-15)6-12(11)14/h2-3,6,13H,4-5,8-9H2,1H3. The topological polar surface area (TPSA) is 61.2 Å². The Bertz CT molecular complexity index is 640. The van der Waals surface area contributed by atoms with Gasteiger partial charge in [-0.3, -0.25) is 4.90 Å². The number of nitrogens with zero attached hydrogens (tertiary/aromatic N) is 2. The summed E-state index contributed by atoms with van der Waals surface area (Å²) < 4.78 is 37.4. The minimum atomic E-state index is -3.19. The molecule has 1 saturated heterocycles. The van der Waals surface area contributed by atoms with Crippen molar-refractivity contribution in [2.24, 2.45) is 0 Å². The number of sulfone groups is 1. The summed E-state index contributed by atoms with van der Waals surface area (Å²) in [6, 6.07) is 6.16. The average Bonchev–Trinajstić information content (AvgIpc) is 2.40. The molecule has 1 aromatic carbocycles. The third kappa shape index (κ3) is 3.51. The van der Waals surface area contributed by atoms with Crippen molar-refractivity contribution in [3.8, 4) is 6.07 Å². The fourth-order valence-electron chi connectivity index (χ4n) is 2.15. The summed E-state index contributed by atoms with van der Waals surface area (Å²) in [6.45, 7) is 0.859. The number of rotatable bonds is 3. The first kappa shape index (κ1) is 15.3. The van der Waals surface area contributed by atoms with E-state index >= 15 is 0 Å². The molecule has 1 fully saturated rings. The Morgan fingerprint density at radius 3 is 2.90 bits per heavy atom. The molecule has 0 bridgehead atoms. The number of hydrogen-bond donors (Lipinski definition) is 0. The lowest BCUT2D eigenvalue weighted by atomic mass is 10.1. The second-order valence-corrected chi connectivity index (χ2v) is 8.10. The number of benzene rings is 1. The van der Waals surface area contributed by atoms with Crippen molar-refractivity contribution in [3.05, 3.63) is 35.1 Å². The van der Waals surface area contributed by atoms with Gasteiger partial charge in [-0.2, -0.15) is 17.0 Å². The summed E-state index contributed by atoms with van der Waals surface area (Å²) >= 11 is 1.60. The van der Waals surface area contributed by atoms with Gasteiger partial charge in [-0.25, -0.2) is 12.8 Å². The number of halogens is 1. The smallest absolute Gasteiger partial charge is 0.164 e. The summed E-state index contributed by atoms with van der Waals surface area (Å²) in [5.74, 6) is 0.884. The van der Waals surface area contributed by atoms with Crippen molar-refractivity contribution in [1.82, 2.24) is 4.90 Å². The molecule has 0 aromatic heterocycles. The van der Waals surface area contributed by atoms with Crippen LogP contribution in [0.4, 0.5) is 4.39 Å². The van der Waals surface area contributed by atoms with E-state index in [0.717, 1.165) is 5.75 Å². The van der Waals surface area contributed by atoms with Crippen LogP contribution in [-0.2, 0) is 16.4 Å². The van der Waals surface area contributed by atoms with Crippen molar-refractivity contribution in [2.75, 3.05) is 24.3 Å². The Kier molecular flexibility index (Phi) is 4.68. The molecule has 0 N–H and O–H groups in total. The van der Waals surface area contributed by atoms with E-state index in [-0.39, 0.29) is 12.1 Å². The third-order valence-corrected chi connectivity index (χ3v) is 5.93. The maximum absolute atomic E-state index is 13.9. The van der Waals surface area contributed by atoms with E-state index in [1.54, 1.807) is 28.8 Å². The lowest BCUT2D eigenvalue weighted by Gasteiger charge is -2.34. The number of hydrogen-bond acceptors (Lipinski definition) is 5. The van der Waals surface area contributed by atoms with Gasteiger partial charge in [0.05, 0.1) is 11.6 Å². The van der Waals surface area contributed by atoms with Crippen LogP contribution in [0.3, 0.4) is 0 Å². The zero-order chi connectivity index (χ0) is 14.8. The number of nitriles is 1. The van der Waals surface area contributed by atoms with Gasteiger partial charge in [-0.15, -0.1) is 0 Å². The Balaban J connectivity index is 2.21. The first-order valence-corrected chi connectivity index (χ1v) is 9.22. The van der Waals surface area contributed by atoms with Gasteiger partial charge in [0.15, 0.2) is 9.84 Å². The van der Waals surface area contributed by atoms with Gasteiger partial charge < -0.3 is 0 Å². The molecule has 1 aromatic rings. The molecule has 1 heterocycles. The molecule has 7 heteroatoms. The first-order chi connectivity index (χ1) is 9.41. The maximum Gasteiger partial charge on any atom is 0.164 e. The van der Waals surface area contributed by atoms with E-state index in [4.69, 9.17) is 5.26 Å². The van der Waals surface area contributed by atoms with Gasteiger partial charge in [0.2, 0.25) is 0 Å². The van der Waals surface area contributed by atoms with Crippen LogP contribution < -0.4 is 0 Å². The normalized spacial score (nSPS) is 20.6. The first-order valence-electron chi connectivity index (χ1n) is 6.11. The lowest BCUT2D eigenvalue weighted by molar-refractivity contribution is 0.258. The van der Waals surface area contributed by atoms with Crippen molar-refractivity contribution in [1.29, 1.82) is 5.26 Å². The van der Waals surface area contributed by atoms with Crippen LogP contribution in [0.2, 0.25) is 0 Å². The fourth-order valence-corrected chi connectivity index (χ4v) is 5.10. The van der Waals surface area contributed by atoms with Crippen LogP contribution in [0.25, 0.3) is 0 Å². The molecule has 0 saturated carbocycles. The van der Waals surface area contributed by atoms with E-state index in [1.165, 1.54) is 12.3 Å². The highest BCUT2D eigenvalue weighted by molar-refractivity contribution is 8.00. The van der Waals surface area contributed by atoms with E-state index in [1.807, 2.05) is 6.07 Å². The second kappa shape index (κ2) is 6.12. The molecule has 1 unspecified atom stereocenters. The highest BCUT2D eigenvalue weighted by atomic mass is 32.2. The lowest BCUT2D eigenvalue weighted by Crippen LogP contribution is -2.46. The quantitative estimate of drug-likeness (QED) is 0.848. The summed E-state index contributed by atoms with van der Waals surface area (Å²) in [7, 11) is -3.19. The minimum absolute atomic E-state index is 0.246. The molecule has 108 valence electrons. The van der Waals surface area contributed by atoms with Crippen LogP contribution in [-0.4, -0.2) is 43.0 Å². The monoisotopic (exact) mass is 314 g/mol. The molecule has 0 aliphatic carbocycles. The van der Waals surface area contributed by atoms with Crippen LogP contribution in [0.1, 0.15) is 11.1 Å². The fraction of sp³-hybridized carbons (Fsp3) is 0.462. The average molecular weight is 314 g/mol. The van der Waals surface area contributed by atoms with Crippen molar-refractivity contribution < 1.29 is 12.8 Å². The Labute approximate surface area is 122 Å². The molecule has 20 heavy (non-hydrogen) atoms. The predicted molar refractivity (Wildman–Crippen MR) is 77.5 cm³/mol.